The van der Waals surface area contributed by atoms with E-state index < -0.39 is 0 Å². The van der Waals surface area contributed by atoms with Gasteiger partial charge in [-0.1, -0.05) is 36.4 Å². The average Bonchev–Trinajstić information content (AvgIpc) is 2.78. The second kappa shape index (κ2) is 11.6. The number of nitrogens with zero attached hydrogens (tertiary/aromatic N) is 3. The summed E-state index contributed by atoms with van der Waals surface area (Å²) >= 11 is 0. The number of benzene rings is 2. The van der Waals surface area contributed by atoms with Gasteiger partial charge in [0.2, 0.25) is 11.8 Å². The summed E-state index contributed by atoms with van der Waals surface area (Å²) in [5, 5.41) is 5.86. The fourth-order valence-electron chi connectivity index (χ4n) is 3.27. The van der Waals surface area contributed by atoms with Crippen molar-refractivity contribution in [1.82, 2.24) is 15.2 Å². The predicted molar refractivity (Wildman–Crippen MR) is 127 cm³/mol. The Bertz CT molecular complexity index is 1010. The van der Waals surface area contributed by atoms with E-state index in [0.717, 1.165) is 16.8 Å². The molecule has 0 saturated heterocycles. The van der Waals surface area contributed by atoms with E-state index in [1.807, 2.05) is 96.8 Å². The summed E-state index contributed by atoms with van der Waals surface area (Å²) in [5.41, 5.74) is 3.63. The molecule has 3 aromatic rings. The lowest BCUT2D eigenvalue weighted by Crippen LogP contribution is -2.36. The SMILES string of the molecule is CN(C)CC(=O)Nc1cccc(CNC(=O)CN(Cc2cccnc2)c2ccccc2)c1. The summed E-state index contributed by atoms with van der Waals surface area (Å²) in [6.45, 7) is 1.50. The number of amides is 2. The van der Waals surface area contributed by atoms with Crippen LogP contribution >= 0.6 is 0 Å². The first-order chi connectivity index (χ1) is 15.5. The van der Waals surface area contributed by atoms with Crippen molar-refractivity contribution in [3.63, 3.8) is 0 Å². The third-order valence-corrected chi connectivity index (χ3v) is 4.71. The molecule has 0 aliphatic rings. The van der Waals surface area contributed by atoms with Gasteiger partial charge < -0.3 is 20.4 Å². The number of hydrogen-bond donors (Lipinski definition) is 2. The summed E-state index contributed by atoms with van der Waals surface area (Å²) < 4.78 is 0. The number of anilines is 2. The van der Waals surface area contributed by atoms with E-state index in [0.29, 0.717) is 25.3 Å². The van der Waals surface area contributed by atoms with Crippen molar-refractivity contribution >= 4 is 23.2 Å². The number of likely N-dealkylation sites (N-methyl/N-ethyl adjacent to an activating group) is 1. The van der Waals surface area contributed by atoms with Gasteiger partial charge in [0.1, 0.15) is 0 Å². The summed E-state index contributed by atoms with van der Waals surface area (Å²) in [6, 6.07) is 21.2. The van der Waals surface area contributed by atoms with Crippen LogP contribution in [0, 0.1) is 0 Å². The Balaban J connectivity index is 1.59. The van der Waals surface area contributed by atoms with Crippen molar-refractivity contribution in [3.8, 4) is 0 Å². The zero-order valence-corrected chi connectivity index (χ0v) is 18.5. The molecule has 0 aliphatic heterocycles. The van der Waals surface area contributed by atoms with Crippen LogP contribution < -0.4 is 15.5 Å². The molecule has 0 spiro atoms. The zero-order valence-electron chi connectivity index (χ0n) is 18.5. The van der Waals surface area contributed by atoms with Crippen molar-refractivity contribution in [3.05, 3.63) is 90.3 Å². The third-order valence-electron chi connectivity index (χ3n) is 4.71. The minimum atomic E-state index is -0.0835. The topological polar surface area (TPSA) is 77.6 Å². The van der Waals surface area contributed by atoms with Crippen LogP contribution in [0.5, 0.6) is 0 Å². The lowest BCUT2D eigenvalue weighted by Gasteiger charge is -2.24. The lowest BCUT2D eigenvalue weighted by atomic mass is 10.2. The predicted octanol–water partition coefficient (Wildman–Crippen LogP) is 2.90. The van der Waals surface area contributed by atoms with Crippen molar-refractivity contribution in [2.75, 3.05) is 37.4 Å². The van der Waals surface area contributed by atoms with Crippen LogP contribution in [0.4, 0.5) is 11.4 Å². The van der Waals surface area contributed by atoms with Crippen molar-refractivity contribution in [1.29, 1.82) is 0 Å². The first-order valence-corrected chi connectivity index (χ1v) is 10.5. The number of carbonyl (C=O) groups excluding carboxylic acids is 2. The average molecular weight is 432 g/mol. The fraction of sp³-hybridized carbons (Fsp3) is 0.240. The molecule has 0 fully saturated rings. The van der Waals surface area contributed by atoms with Crippen molar-refractivity contribution < 1.29 is 9.59 Å². The largest absolute Gasteiger partial charge is 0.358 e. The number of nitrogens with one attached hydrogen (secondary N) is 2. The maximum Gasteiger partial charge on any atom is 0.239 e. The molecule has 0 radical (unpaired) electrons. The van der Waals surface area contributed by atoms with Gasteiger partial charge in [-0.2, -0.15) is 0 Å². The molecule has 0 aliphatic carbocycles. The number of carbonyl (C=O) groups is 2. The highest BCUT2D eigenvalue weighted by atomic mass is 16.2. The van der Waals surface area contributed by atoms with Gasteiger partial charge >= 0.3 is 0 Å². The van der Waals surface area contributed by atoms with Gasteiger partial charge in [0.15, 0.2) is 0 Å². The maximum absolute atomic E-state index is 12.7. The minimum Gasteiger partial charge on any atom is -0.358 e. The highest BCUT2D eigenvalue weighted by Crippen LogP contribution is 2.16. The Hall–Kier alpha value is -3.71. The van der Waals surface area contributed by atoms with E-state index in [4.69, 9.17) is 0 Å². The van der Waals surface area contributed by atoms with Gasteiger partial charge in [0.25, 0.3) is 0 Å². The summed E-state index contributed by atoms with van der Waals surface area (Å²) in [6.07, 6.45) is 3.55. The molecule has 0 bridgehead atoms. The number of pyridine rings is 1. The minimum absolute atomic E-state index is 0.0786. The monoisotopic (exact) mass is 431 g/mol. The summed E-state index contributed by atoms with van der Waals surface area (Å²) in [5.74, 6) is -0.162. The molecule has 3 rings (SSSR count). The van der Waals surface area contributed by atoms with Crippen molar-refractivity contribution in [2.24, 2.45) is 0 Å². The summed E-state index contributed by atoms with van der Waals surface area (Å²) in [7, 11) is 3.69. The first-order valence-electron chi connectivity index (χ1n) is 10.5. The Morgan fingerprint density at radius 1 is 0.875 bits per heavy atom. The van der Waals surface area contributed by atoms with Gasteiger partial charge in [0.05, 0.1) is 13.1 Å². The van der Waals surface area contributed by atoms with Crippen LogP contribution in [-0.4, -0.2) is 48.9 Å². The molecule has 2 aromatic carbocycles. The molecule has 1 heterocycles. The fourth-order valence-corrected chi connectivity index (χ4v) is 3.27. The number of para-hydroxylation sites is 1. The molecule has 2 N–H and O–H groups in total. The van der Waals surface area contributed by atoms with E-state index in [9.17, 15) is 9.59 Å². The molecule has 32 heavy (non-hydrogen) atoms. The van der Waals surface area contributed by atoms with Gasteiger partial charge in [-0.25, -0.2) is 0 Å². The Morgan fingerprint density at radius 3 is 2.38 bits per heavy atom. The van der Waals surface area contributed by atoms with Crippen LogP contribution in [0.3, 0.4) is 0 Å². The van der Waals surface area contributed by atoms with Crippen LogP contribution in [0.1, 0.15) is 11.1 Å². The van der Waals surface area contributed by atoms with Crippen LogP contribution in [-0.2, 0) is 22.7 Å². The molecule has 0 unspecified atom stereocenters. The van der Waals surface area contributed by atoms with Gasteiger partial charge in [-0.3, -0.25) is 14.6 Å². The van der Waals surface area contributed by atoms with Crippen LogP contribution in [0.15, 0.2) is 79.1 Å². The number of rotatable bonds is 10. The first kappa shape index (κ1) is 23.0. The molecular formula is C25H29N5O2. The molecule has 0 atom stereocenters. The van der Waals surface area contributed by atoms with E-state index in [1.165, 1.54) is 0 Å². The van der Waals surface area contributed by atoms with Crippen LogP contribution in [0.25, 0.3) is 0 Å². The second-order valence-corrected chi connectivity index (χ2v) is 7.82. The zero-order chi connectivity index (χ0) is 22.8. The van der Waals surface area contributed by atoms with E-state index in [1.54, 1.807) is 6.20 Å². The highest BCUT2D eigenvalue weighted by Gasteiger charge is 2.13. The lowest BCUT2D eigenvalue weighted by molar-refractivity contribution is -0.120. The Kier molecular flexibility index (Phi) is 8.34. The summed E-state index contributed by atoms with van der Waals surface area (Å²) in [4.78, 5) is 32.7. The molecule has 1 aromatic heterocycles. The highest BCUT2D eigenvalue weighted by molar-refractivity contribution is 5.92. The Labute approximate surface area is 189 Å². The molecule has 7 nitrogen and oxygen atoms in total. The third kappa shape index (κ3) is 7.52. The van der Waals surface area contributed by atoms with Crippen LogP contribution in [0.2, 0.25) is 0 Å². The second-order valence-electron chi connectivity index (χ2n) is 7.82. The normalized spacial score (nSPS) is 10.6. The van der Waals surface area contributed by atoms with E-state index in [2.05, 4.69) is 15.6 Å². The van der Waals surface area contributed by atoms with Gasteiger partial charge in [-0.05, 0) is 55.6 Å². The molecule has 2 amide bonds. The maximum atomic E-state index is 12.7. The van der Waals surface area contributed by atoms with Gasteiger partial charge in [0, 0.05) is 36.9 Å². The number of hydrogen-bond acceptors (Lipinski definition) is 5. The van der Waals surface area contributed by atoms with Gasteiger partial charge in [-0.15, -0.1) is 0 Å². The number of aromatic nitrogens is 1. The smallest absolute Gasteiger partial charge is 0.239 e. The Morgan fingerprint density at radius 2 is 1.66 bits per heavy atom. The van der Waals surface area contributed by atoms with E-state index in [-0.39, 0.29) is 18.4 Å². The van der Waals surface area contributed by atoms with Crippen molar-refractivity contribution in [2.45, 2.75) is 13.1 Å². The quantitative estimate of drug-likeness (QED) is 0.516. The standard InChI is InChI=1S/C25H29N5O2/c1-29(2)18-25(32)28-22-10-6-8-20(14-22)16-27-24(31)19-30(23-11-4-3-5-12-23)17-21-9-7-13-26-15-21/h3-15H,16-19H2,1-2H3,(H,27,31)(H,28,32). The van der Waals surface area contributed by atoms with E-state index >= 15 is 0 Å². The molecule has 7 heteroatoms. The molecule has 166 valence electrons. The molecular weight excluding hydrogens is 402 g/mol. The molecule has 0 saturated carbocycles.